The highest BCUT2D eigenvalue weighted by molar-refractivity contribution is 5.78. The van der Waals surface area contributed by atoms with Crippen LogP contribution in [0.3, 0.4) is 0 Å². The minimum atomic E-state index is 0.501. The Morgan fingerprint density at radius 1 is 1.41 bits per heavy atom. The number of aromatic nitrogens is 4. The van der Waals surface area contributed by atoms with Gasteiger partial charge in [0, 0.05) is 37.1 Å². The number of H-pyrrole nitrogens is 1. The van der Waals surface area contributed by atoms with Gasteiger partial charge in [0.2, 0.25) is 0 Å². The highest BCUT2D eigenvalue weighted by Gasteiger charge is 2.26. The third kappa shape index (κ3) is 2.22. The summed E-state index contributed by atoms with van der Waals surface area (Å²) in [5.74, 6) is 0. The highest BCUT2D eigenvalue weighted by Crippen LogP contribution is 2.32. The second kappa shape index (κ2) is 5.25. The van der Waals surface area contributed by atoms with Crippen molar-refractivity contribution in [3.63, 3.8) is 0 Å². The molecule has 0 saturated carbocycles. The van der Waals surface area contributed by atoms with Gasteiger partial charge in [-0.05, 0) is 50.1 Å². The van der Waals surface area contributed by atoms with Gasteiger partial charge in [0.15, 0.2) is 5.65 Å². The molecular weight excluding hydrogens is 274 g/mol. The third-order valence-corrected chi connectivity index (χ3v) is 4.65. The van der Waals surface area contributed by atoms with E-state index < -0.39 is 0 Å². The molecule has 4 heterocycles. The summed E-state index contributed by atoms with van der Waals surface area (Å²) >= 11 is 0. The van der Waals surface area contributed by atoms with Crippen molar-refractivity contribution in [2.45, 2.75) is 32.4 Å². The molecule has 0 aliphatic carbocycles. The molecule has 1 atom stereocenters. The SMILES string of the molecule is Cc1nn(C)c2ncc(CN3CCC[C@H]3c3ccc[nH]3)cc12. The number of pyridine rings is 1. The molecule has 0 amide bonds. The Hall–Kier alpha value is -2.14. The Morgan fingerprint density at radius 3 is 3.14 bits per heavy atom. The molecule has 114 valence electrons. The van der Waals surface area contributed by atoms with Gasteiger partial charge in [-0.3, -0.25) is 9.58 Å². The van der Waals surface area contributed by atoms with Crippen LogP contribution in [0, 0.1) is 6.92 Å². The zero-order chi connectivity index (χ0) is 15.1. The normalized spacial score (nSPS) is 19.3. The Balaban J connectivity index is 1.61. The van der Waals surface area contributed by atoms with Crippen LogP contribution in [0.15, 0.2) is 30.6 Å². The molecule has 3 aromatic rings. The van der Waals surface area contributed by atoms with Gasteiger partial charge in [-0.1, -0.05) is 0 Å². The summed E-state index contributed by atoms with van der Waals surface area (Å²) in [5.41, 5.74) is 4.60. The van der Waals surface area contributed by atoms with Gasteiger partial charge in [0.05, 0.1) is 11.7 Å². The van der Waals surface area contributed by atoms with Crippen LogP contribution in [-0.2, 0) is 13.6 Å². The second-order valence-corrected chi connectivity index (χ2v) is 6.18. The predicted molar refractivity (Wildman–Crippen MR) is 86.4 cm³/mol. The molecule has 0 unspecified atom stereocenters. The molecule has 3 aromatic heterocycles. The minimum absolute atomic E-state index is 0.501. The van der Waals surface area contributed by atoms with Crippen molar-refractivity contribution in [1.29, 1.82) is 0 Å². The third-order valence-electron chi connectivity index (χ3n) is 4.65. The molecule has 0 bridgehead atoms. The highest BCUT2D eigenvalue weighted by atomic mass is 15.3. The van der Waals surface area contributed by atoms with Crippen LogP contribution in [-0.4, -0.2) is 31.2 Å². The van der Waals surface area contributed by atoms with Crippen molar-refractivity contribution in [2.75, 3.05) is 6.54 Å². The molecule has 0 radical (unpaired) electrons. The number of rotatable bonds is 3. The number of nitrogens with one attached hydrogen (secondary N) is 1. The first kappa shape index (κ1) is 13.5. The van der Waals surface area contributed by atoms with E-state index in [1.807, 2.05) is 31.0 Å². The fourth-order valence-electron chi connectivity index (χ4n) is 3.59. The average Bonchev–Trinajstić information content (AvgIpc) is 3.21. The average molecular weight is 295 g/mol. The zero-order valence-corrected chi connectivity index (χ0v) is 13.1. The van der Waals surface area contributed by atoms with Crippen LogP contribution in [0.5, 0.6) is 0 Å². The molecule has 1 N–H and O–H groups in total. The Morgan fingerprint density at radius 2 is 2.32 bits per heavy atom. The first-order valence-corrected chi connectivity index (χ1v) is 7.88. The fraction of sp³-hybridized carbons (Fsp3) is 0.412. The minimum Gasteiger partial charge on any atom is -0.364 e. The molecule has 22 heavy (non-hydrogen) atoms. The van der Waals surface area contributed by atoms with Crippen LogP contribution in [0.25, 0.3) is 11.0 Å². The summed E-state index contributed by atoms with van der Waals surface area (Å²) in [4.78, 5) is 10.5. The summed E-state index contributed by atoms with van der Waals surface area (Å²) in [5, 5.41) is 5.62. The van der Waals surface area contributed by atoms with Crippen molar-refractivity contribution in [3.8, 4) is 0 Å². The van der Waals surface area contributed by atoms with Crippen LogP contribution < -0.4 is 0 Å². The lowest BCUT2D eigenvalue weighted by Crippen LogP contribution is -2.23. The summed E-state index contributed by atoms with van der Waals surface area (Å²) in [6, 6.07) is 7.02. The van der Waals surface area contributed by atoms with Gasteiger partial charge in [0.1, 0.15) is 0 Å². The predicted octanol–water partition coefficient (Wildman–Crippen LogP) is 2.94. The number of fused-ring (bicyclic) bond motifs is 1. The Kier molecular flexibility index (Phi) is 3.22. The van der Waals surface area contributed by atoms with Crippen LogP contribution >= 0.6 is 0 Å². The molecule has 0 aromatic carbocycles. The summed E-state index contributed by atoms with van der Waals surface area (Å²) in [6.45, 7) is 4.14. The molecule has 5 heteroatoms. The summed E-state index contributed by atoms with van der Waals surface area (Å²) < 4.78 is 1.85. The van der Waals surface area contributed by atoms with E-state index in [2.05, 4.69) is 38.2 Å². The topological polar surface area (TPSA) is 49.7 Å². The number of hydrogen-bond acceptors (Lipinski definition) is 3. The van der Waals surface area contributed by atoms with E-state index in [-0.39, 0.29) is 0 Å². The molecule has 4 rings (SSSR count). The second-order valence-electron chi connectivity index (χ2n) is 6.18. The van der Waals surface area contributed by atoms with Gasteiger partial charge in [-0.15, -0.1) is 0 Å². The van der Waals surface area contributed by atoms with E-state index in [0.29, 0.717) is 6.04 Å². The van der Waals surface area contributed by atoms with E-state index in [0.717, 1.165) is 29.8 Å². The summed E-state index contributed by atoms with van der Waals surface area (Å²) in [7, 11) is 1.95. The van der Waals surface area contributed by atoms with E-state index in [9.17, 15) is 0 Å². The van der Waals surface area contributed by atoms with Crippen molar-refractivity contribution < 1.29 is 0 Å². The maximum Gasteiger partial charge on any atom is 0.157 e. The quantitative estimate of drug-likeness (QED) is 0.808. The van der Waals surface area contributed by atoms with Crippen molar-refractivity contribution in [3.05, 3.63) is 47.5 Å². The van der Waals surface area contributed by atoms with E-state index in [1.165, 1.54) is 24.1 Å². The fourth-order valence-corrected chi connectivity index (χ4v) is 3.59. The van der Waals surface area contributed by atoms with Gasteiger partial charge in [-0.2, -0.15) is 5.10 Å². The number of aromatic amines is 1. The maximum atomic E-state index is 4.60. The van der Waals surface area contributed by atoms with Crippen LogP contribution in [0.4, 0.5) is 0 Å². The Bertz CT molecular complexity index is 787. The lowest BCUT2D eigenvalue weighted by atomic mass is 10.1. The Labute approximate surface area is 130 Å². The lowest BCUT2D eigenvalue weighted by Gasteiger charge is -2.23. The molecular formula is C17H21N5. The molecule has 1 saturated heterocycles. The van der Waals surface area contributed by atoms with Gasteiger partial charge in [-0.25, -0.2) is 4.98 Å². The number of likely N-dealkylation sites (tertiary alicyclic amines) is 1. The van der Waals surface area contributed by atoms with Crippen molar-refractivity contribution in [2.24, 2.45) is 7.05 Å². The van der Waals surface area contributed by atoms with Crippen molar-refractivity contribution in [1.82, 2.24) is 24.6 Å². The maximum absolute atomic E-state index is 4.60. The largest absolute Gasteiger partial charge is 0.364 e. The van der Waals surface area contributed by atoms with Gasteiger partial charge in [0.25, 0.3) is 0 Å². The lowest BCUT2D eigenvalue weighted by molar-refractivity contribution is 0.245. The smallest absolute Gasteiger partial charge is 0.157 e. The van der Waals surface area contributed by atoms with Gasteiger partial charge >= 0.3 is 0 Å². The van der Waals surface area contributed by atoms with E-state index >= 15 is 0 Å². The monoisotopic (exact) mass is 295 g/mol. The molecule has 1 aliphatic rings. The van der Waals surface area contributed by atoms with E-state index in [1.54, 1.807) is 0 Å². The van der Waals surface area contributed by atoms with Crippen LogP contribution in [0.1, 0.15) is 35.8 Å². The number of nitrogens with zero attached hydrogens (tertiary/aromatic N) is 4. The first-order chi connectivity index (χ1) is 10.7. The zero-order valence-electron chi connectivity index (χ0n) is 13.1. The molecule has 1 fully saturated rings. The molecule has 5 nitrogen and oxygen atoms in total. The molecule has 1 aliphatic heterocycles. The molecule has 0 spiro atoms. The van der Waals surface area contributed by atoms with Gasteiger partial charge < -0.3 is 4.98 Å². The van der Waals surface area contributed by atoms with Crippen molar-refractivity contribution >= 4 is 11.0 Å². The standard InChI is InChI=1S/C17H21N5/c1-12-14-9-13(10-19-17(14)21(2)20-12)11-22-8-4-6-16(22)15-5-3-7-18-15/h3,5,7,9-10,16,18H,4,6,8,11H2,1-2H3/t16-/m0/s1. The number of aryl methyl sites for hydroxylation is 2. The van der Waals surface area contributed by atoms with E-state index in [4.69, 9.17) is 0 Å². The summed E-state index contributed by atoms with van der Waals surface area (Å²) in [6.07, 6.45) is 6.49. The van der Waals surface area contributed by atoms with Crippen LogP contribution in [0.2, 0.25) is 0 Å². The number of hydrogen-bond donors (Lipinski definition) is 1. The first-order valence-electron chi connectivity index (χ1n) is 7.88.